The zero-order valence-electron chi connectivity index (χ0n) is 22.4. The van der Waals surface area contributed by atoms with Gasteiger partial charge in [-0.15, -0.1) is 0 Å². The molecule has 4 aromatic rings. The van der Waals surface area contributed by atoms with Gasteiger partial charge in [0.1, 0.15) is 17.1 Å². The van der Waals surface area contributed by atoms with Crippen LogP contribution in [0.3, 0.4) is 0 Å². The summed E-state index contributed by atoms with van der Waals surface area (Å²) >= 11 is 0. The van der Waals surface area contributed by atoms with Crippen LogP contribution in [-0.2, 0) is 18.3 Å². The van der Waals surface area contributed by atoms with Crippen LogP contribution >= 0.6 is 0 Å². The quantitative estimate of drug-likeness (QED) is 0.359. The number of ether oxygens (including phenoxy) is 1. The zero-order valence-corrected chi connectivity index (χ0v) is 22.4. The van der Waals surface area contributed by atoms with E-state index in [9.17, 15) is 9.59 Å². The Balaban J connectivity index is 1.24. The van der Waals surface area contributed by atoms with E-state index in [-0.39, 0.29) is 17.7 Å². The first-order valence-corrected chi connectivity index (χ1v) is 13.3. The van der Waals surface area contributed by atoms with Gasteiger partial charge in [0.15, 0.2) is 5.65 Å². The fourth-order valence-electron chi connectivity index (χ4n) is 5.42. The van der Waals surface area contributed by atoms with Crippen molar-refractivity contribution in [1.29, 1.82) is 0 Å². The number of aromatic nitrogens is 5. The summed E-state index contributed by atoms with van der Waals surface area (Å²) in [5, 5.41) is 0. The van der Waals surface area contributed by atoms with Gasteiger partial charge >= 0.3 is 11.7 Å². The van der Waals surface area contributed by atoms with E-state index in [4.69, 9.17) is 4.74 Å². The van der Waals surface area contributed by atoms with Gasteiger partial charge in [-0.25, -0.2) is 19.6 Å². The summed E-state index contributed by atoms with van der Waals surface area (Å²) in [7, 11) is 1.84. The highest BCUT2D eigenvalue weighted by atomic mass is 16.6. The average Bonchev–Trinajstić information content (AvgIpc) is 3.42. The highest BCUT2D eigenvalue weighted by Crippen LogP contribution is 2.40. The Morgan fingerprint density at radius 3 is 2.55 bits per heavy atom. The first-order chi connectivity index (χ1) is 18.2. The predicted molar refractivity (Wildman–Crippen MR) is 145 cm³/mol. The third-order valence-electron chi connectivity index (χ3n) is 7.50. The van der Waals surface area contributed by atoms with Gasteiger partial charge < -0.3 is 9.30 Å². The van der Waals surface area contributed by atoms with Crippen molar-refractivity contribution < 1.29 is 9.53 Å². The van der Waals surface area contributed by atoms with Gasteiger partial charge in [-0.1, -0.05) is 12.1 Å². The Morgan fingerprint density at radius 1 is 1.08 bits per heavy atom. The van der Waals surface area contributed by atoms with Crippen LogP contribution < -0.4 is 5.69 Å². The number of rotatable bonds is 6. The standard InChI is InChI=1S/C29H34N6O3/c1-29(2,3)38-27(36)24-16-31-25(32(24)4)18-33-15-13-22(17-33)35-26-23(6-5-14-30-26)34(28(35)37)21-11-9-20(10-12-21)19-7-8-19/h5-6,9-12,14,16,19,22H,7-8,13,15,17-18H2,1-4H3/t22-/m0/s1. The summed E-state index contributed by atoms with van der Waals surface area (Å²) in [4.78, 5) is 37.8. The first-order valence-electron chi connectivity index (χ1n) is 13.3. The molecule has 1 aromatic carbocycles. The Bertz CT molecular complexity index is 1550. The molecule has 0 bridgehead atoms. The van der Waals surface area contributed by atoms with Crippen molar-refractivity contribution in [3.05, 3.63) is 76.4 Å². The molecule has 3 aromatic heterocycles. The minimum Gasteiger partial charge on any atom is -0.455 e. The maximum Gasteiger partial charge on any atom is 0.357 e. The van der Waals surface area contributed by atoms with Crippen molar-refractivity contribution in [2.75, 3.05) is 13.1 Å². The minimum absolute atomic E-state index is 0.00233. The number of hydrogen-bond acceptors (Lipinski definition) is 6. The molecule has 9 heteroatoms. The summed E-state index contributed by atoms with van der Waals surface area (Å²) in [5.74, 6) is 1.08. The fraction of sp³-hybridized carbons (Fsp3) is 0.448. The normalized spacial score (nSPS) is 18.4. The molecular formula is C29H34N6O3. The van der Waals surface area contributed by atoms with Crippen LogP contribution in [0.4, 0.5) is 0 Å². The average molecular weight is 515 g/mol. The Morgan fingerprint density at radius 2 is 1.84 bits per heavy atom. The molecule has 0 N–H and O–H groups in total. The molecule has 6 rings (SSSR count). The van der Waals surface area contributed by atoms with E-state index >= 15 is 0 Å². The molecule has 2 aliphatic rings. The third-order valence-corrected chi connectivity index (χ3v) is 7.50. The molecular weight excluding hydrogens is 480 g/mol. The number of nitrogens with zero attached hydrogens (tertiary/aromatic N) is 6. The molecule has 38 heavy (non-hydrogen) atoms. The number of carbonyl (C=O) groups is 1. The largest absolute Gasteiger partial charge is 0.455 e. The van der Waals surface area contributed by atoms with Crippen LogP contribution in [0.2, 0.25) is 0 Å². The van der Waals surface area contributed by atoms with E-state index in [1.165, 1.54) is 18.4 Å². The summed E-state index contributed by atoms with van der Waals surface area (Å²) in [6.45, 7) is 7.65. The second kappa shape index (κ2) is 9.23. The van der Waals surface area contributed by atoms with Crippen molar-refractivity contribution >= 4 is 17.1 Å². The molecule has 1 saturated carbocycles. The first kappa shape index (κ1) is 24.6. The van der Waals surface area contributed by atoms with Gasteiger partial charge in [0.05, 0.1) is 30.0 Å². The lowest BCUT2D eigenvalue weighted by Gasteiger charge is -2.20. The number of fused-ring (bicyclic) bond motifs is 1. The number of likely N-dealkylation sites (tertiary alicyclic amines) is 1. The maximum absolute atomic E-state index is 13.8. The maximum atomic E-state index is 13.8. The van der Waals surface area contributed by atoms with Gasteiger partial charge in [0.25, 0.3) is 0 Å². The molecule has 1 aliphatic heterocycles. The predicted octanol–water partition coefficient (Wildman–Crippen LogP) is 4.20. The lowest BCUT2D eigenvalue weighted by Crippen LogP contribution is -2.29. The molecule has 0 amide bonds. The van der Waals surface area contributed by atoms with Gasteiger partial charge in [0.2, 0.25) is 0 Å². The van der Waals surface area contributed by atoms with Crippen molar-refractivity contribution in [3.63, 3.8) is 0 Å². The molecule has 0 radical (unpaired) electrons. The van der Waals surface area contributed by atoms with Crippen molar-refractivity contribution in [2.24, 2.45) is 7.05 Å². The topological polar surface area (TPSA) is 87.2 Å². The van der Waals surface area contributed by atoms with E-state index in [0.717, 1.165) is 30.0 Å². The SMILES string of the molecule is Cn1c(C(=O)OC(C)(C)C)cnc1CN1CC[C@H](n2c(=O)n(-c3ccc(C4CC4)cc3)c3cccnc32)C1. The molecule has 1 saturated heterocycles. The molecule has 198 valence electrons. The number of carbonyl (C=O) groups excluding carboxylic acids is 1. The number of esters is 1. The molecule has 1 atom stereocenters. The Kier molecular flexibility index (Phi) is 5.98. The Labute approximate surface area is 221 Å². The number of pyridine rings is 1. The molecule has 2 fully saturated rings. The third kappa shape index (κ3) is 4.55. The highest BCUT2D eigenvalue weighted by Gasteiger charge is 2.30. The second-order valence-electron chi connectivity index (χ2n) is 11.5. The number of imidazole rings is 2. The van der Waals surface area contributed by atoms with E-state index in [2.05, 4.69) is 39.1 Å². The summed E-state index contributed by atoms with van der Waals surface area (Å²) in [6, 6.07) is 12.2. The smallest absolute Gasteiger partial charge is 0.357 e. The van der Waals surface area contributed by atoms with Crippen LogP contribution in [0, 0.1) is 0 Å². The van der Waals surface area contributed by atoms with Crippen molar-refractivity contribution in [1.82, 2.24) is 28.6 Å². The molecule has 0 spiro atoms. The summed E-state index contributed by atoms with van der Waals surface area (Å²) in [5.41, 5.74) is 3.55. The zero-order chi connectivity index (χ0) is 26.6. The lowest BCUT2D eigenvalue weighted by molar-refractivity contribution is 0.00584. The number of hydrogen-bond donors (Lipinski definition) is 0. The molecule has 0 unspecified atom stereocenters. The van der Waals surface area contributed by atoms with Crippen LogP contribution in [0.5, 0.6) is 0 Å². The van der Waals surface area contributed by atoms with E-state index in [0.29, 0.717) is 30.3 Å². The van der Waals surface area contributed by atoms with Gasteiger partial charge in [-0.2, -0.15) is 0 Å². The summed E-state index contributed by atoms with van der Waals surface area (Å²) in [6.07, 6.45) is 6.66. The van der Waals surface area contributed by atoms with E-state index in [1.54, 1.807) is 21.5 Å². The van der Waals surface area contributed by atoms with Crippen LogP contribution in [0.25, 0.3) is 16.9 Å². The van der Waals surface area contributed by atoms with E-state index in [1.807, 2.05) is 44.5 Å². The lowest BCUT2D eigenvalue weighted by atomic mass is 10.1. The van der Waals surface area contributed by atoms with E-state index < -0.39 is 5.60 Å². The minimum atomic E-state index is -0.566. The Hall–Kier alpha value is -3.72. The summed E-state index contributed by atoms with van der Waals surface area (Å²) < 4.78 is 11.0. The van der Waals surface area contributed by atoms with Gasteiger partial charge in [-0.05, 0) is 75.8 Å². The van der Waals surface area contributed by atoms with Gasteiger partial charge in [0, 0.05) is 26.3 Å². The van der Waals surface area contributed by atoms with Crippen molar-refractivity contribution in [3.8, 4) is 5.69 Å². The second-order valence-corrected chi connectivity index (χ2v) is 11.5. The van der Waals surface area contributed by atoms with Gasteiger partial charge in [-0.3, -0.25) is 14.0 Å². The number of benzene rings is 1. The fourth-order valence-corrected chi connectivity index (χ4v) is 5.42. The van der Waals surface area contributed by atoms with Crippen molar-refractivity contribution in [2.45, 2.75) is 64.1 Å². The monoisotopic (exact) mass is 514 g/mol. The van der Waals surface area contributed by atoms with Crippen LogP contribution in [0.1, 0.15) is 73.9 Å². The molecule has 4 heterocycles. The molecule has 9 nitrogen and oxygen atoms in total. The molecule has 1 aliphatic carbocycles. The highest BCUT2D eigenvalue weighted by molar-refractivity contribution is 5.87. The van der Waals surface area contributed by atoms with Crippen LogP contribution in [-0.4, -0.2) is 53.2 Å². The van der Waals surface area contributed by atoms with Crippen LogP contribution in [0.15, 0.2) is 53.6 Å².